The van der Waals surface area contributed by atoms with Gasteiger partial charge in [-0.3, -0.25) is 9.69 Å². The fraction of sp³-hybridized carbons (Fsp3) is 0.471. The molecule has 6 nitrogen and oxygen atoms in total. The molecule has 0 radical (unpaired) electrons. The molecule has 0 unspecified atom stereocenters. The van der Waals surface area contributed by atoms with Crippen molar-refractivity contribution < 1.29 is 24.9 Å². The summed E-state index contributed by atoms with van der Waals surface area (Å²) in [5, 5.41) is 32.1. The molecule has 5 rings (SSSR count). The number of rotatable bonds is 0. The zero-order valence-electron chi connectivity index (χ0n) is 13.0. The van der Waals surface area contributed by atoms with Crippen LogP contribution in [0.15, 0.2) is 24.3 Å². The third-order valence-electron chi connectivity index (χ3n) is 6.12. The molecule has 2 bridgehead atoms. The number of hydrogen-bond donors (Lipinski definition) is 3. The second-order valence-corrected chi connectivity index (χ2v) is 7.02. The Balaban J connectivity index is 0.00000146. The van der Waals surface area contributed by atoms with Crippen molar-refractivity contribution in [3.63, 3.8) is 0 Å². The lowest BCUT2D eigenvalue weighted by atomic mass is 9.50. The van der Waals surface area contributed by atoms with Crippen LogP contribution in [0.5, 0.6) is 11.5 Å². The summed E-state index contributed by atoms with van der Waals surface area (Å²) in [7, 11) is 1.82. The first-order chi connectivity index (χ1) is 10.9. The number of aliphatic hydroxyl groups excluding tert-OH is 1. The fourth-order valence-electron chi connectivity index (χ4n) is 5.16. The number of benzene rings is 1. The predicted molar refractivity (Wildman–Crippen MR) is 86.9 cm³/mol. The smallest absolute Gasteiger partial charge is 0.183 e. The number of carbonyl (C=O) groups is 1. The van der Waals surface area contributed by atoms with Crippen LogP contribution < -0.4 is 4.74 Å². The van der Waals surface area contributed by atoms with Crippen molar-refractivity contribution in [3.05, 3.63) is 35.4 Å². The van der Waals surface area contributed by atoms with Crippen molar-refractivity contribution >= 4 is 18.2 Å². The quantitative estimate of drug-likeness (QED) is 0.585. The number of carbonyl (C=O) groups excluding carboxylic acids is 1. The van der Waals surface area contributed by atoms with E-state index in [4.69, 9.17) is 4.74 Å². The lowest BCUT2D eigenvalue weighted by molar-refractivity contribution is -0.138. The highest BCUT2D eigenvalue weighted by Crippen LogP contribution is 2.63. The van der Waals surface area contributed by atoms with Crippen molar-refractivity contribution in [2.75, 3.05) is 13.6 Å². The minimum absolute atomic E-state index is 0. The summed E-state index contributed by atoms with van der Waals surface area (Å²) in [5.41, 5.74) is -1.32. The number of aliphatic hydroxyl groups is 2. The van der Waals surface area contributed by atoms with E-state index in [1.54, 1.807) is 12.1 Å². The van der Waals surface area contributed by atoms with Crippen LogP contribution in [0.2, 0.25) is 0 Å². The van der Waals surface area contributed by atoms with Crippen LogP contribution in [0.3, 0.4) is 0 Å². The van der Waals surface area contributed by atoms with E-state index < -0.39 is 29.3 Å². The molecule has 0 amide bonds. The largest absolute Gasteiger partial charge is 0.504 e. The monoisotopic (exact) mass is 351 g/mol. The lowest BCUT2D eigenvalue weighted by Gasteiger charge is -2.60. The molecule has 2 aliphatic carbocycles. The van der Waals surface area contributed by atoms with Crippen molar-refractivity contribution in [1.82, 2.24) is 4.90 Å². The Morgan fingerprint density at radius 2 is 2.12 bits per heavy atom. The summed E-state index contributed by atoms with van der Waals surface area (Å²) in [6.07, 6.45) is 1.99. The molecule has 1 fully saturated rings. The van der Waals surface area contributed by atoms with Gasteiger partial charge >= 0.3 is 0 Å². The SMILES string of the molecule is CN1CC[C@]23c4c5ccc(O)c4O[C@H]2[C@@H](O)C=C[C@@]3(O)[C@H]1C5=O.Cl. The first-order valence-corrected chi connectivity index (χ1v) is 7.79. The van der Waals surface area contributed by atoms with Crippen LogP contribution in [0, 0.1) is 0 Å². The van der Waals surface area contributed by atoms with Crippen LogP contribution in [0.25, 0.3) is 0 Å². The van der Waals surface area contributed by atoms with Gasteiger partial charge in [-0.15, -0.1) is 12.4 Å². The second-order valence-electron chi connectivity index (χ2n) is 7.02. The van der Waals surface area contributed by atoms with Gasteiger partial charge in [-0.1, -0.05) is 12.2 Å². The molecule has 0 aromatic heterocycles. The van der Waals surface area contributed by atoms with E-state index in [1.165, 1.54) is 12.1 Å². The number of hydrogen-bond acceptors (Lipinski definition) is 6. The molecule has 0 saturated carbocycles. The number of halogens is 1. The Kier molecular flexibility index (Phi) is 2.99. The molecular weight excluding hydrogens is 334 g/mol. The van der Waals surface area contributed by atoms with Gasteiger partial charge in [-0.2, -0.15) is 0 Å². The van der Waals surface area contributed by atoms with E-state index in [0.29, 0.717) is 24.1 Å². The Bertz CT molecular complexity index is 795. The molecule has 7 heteroatoms. The second kappa shape index (κ2) is 4.52. The van der Waals surface area contributed by atoms with Crippen LogP contribution >= 0.6 is 12.4 Å². The van der Waals surface area contributed by atoms with E-state index in [2.05, 4.69) is 0 Å². The summed E-state index contributed by atoms with van der Waals surface area (Å²) >= 11 is 0. The molecule has 24 heavy (non-hydrogen) atoms. The molecule has 2 aliphatic heterocycles. The van der Waals surface area contributed by atoms with E-state index in [0.717, 1.165) is 0 Å². The molecule has 4 aliphatic rings. The molecule has 3 N–H and O–H groups in total. The van der Waals surface area contributed by atoms with Crippen molar-refractivity contribution in [2.45, 2.75) is 35.7 Å². The maximum absolute atomic E-state index is 13.0. The third kappa shape index (κ3) is 1.39. The van der Waals surface area contributed by atoms with Gasteiger partial charge in [0.1, 0.15) is 23.9 Å². The first kappa shape index (κ1) is 15.9. The third-order valence-corrected chi connectivity index (χ3v) is 6.12. The van der Waals surface area contributed by atoms with Gasteiger partial charge in [0.2, 0.25) is 0 Å². The number of piperidine rings is 1. The molecule has 2 heterocycles. The maximum Gasteiger partial charge on any atom is 0.183 e. The normalized spacial score (nSPS) is 41.5. The van der Waals surface area contributed by atoms with Crippen LogP contribution in [-0.4, -0.2) is 63.4 Å². The Labute approximate surface area is 144 Å². The van der Waals surface area contributed by atoms with E-state index in [-0.39, 0.29) is 29.7 Å². The van der Waals surface area contributed by atoms with Gasteiger partial charge < -0.3 is 20.1 Å². The van der Waals surface area contributed by atoms with E-state index >= 15 is 0 Å². The van der Waals surface area contributed by atoms with E-state index in [9.17, 15) is 20.1 Å². The van der Waals surface area contributed by atoms with Gasteiger partial charge in [-0.05, 0) is 32.1 Å². The molecule has 5 atom stereocenters. The molecule has 1 spiro atoms. The number of nitrogens with zero attached hydrogens (tertiary/aromatic N) is 1. The fourth-order valence-corrected chi connectivity index (χ4v) is 5.16. The Morgan fingerprint density at radius 1 is 1.38 bits per heavy atom. The summed E-state index contributed by atoms with van der Waals surface area (Å²) < 4.78 is 5.89. The summed E-state index contributed by atoms with van der Waals surface area (Å²) in [4.78, 5) is 14.9. The van der Waals surface area contributed by atoms with Crippen LogP contribution in [-0.2, 0) is 5.41 Å². The number of ether oxygens (including phenoxy) is 1. The van der Waals surface area contributed by atoms with E-state index in [1.807, 2.05) is 11.9 Å². The van der Waals surface area contributed by atoms with Crippen molar-refractivity contribution in [1.29, 1.82) is 0 Å². The zero-order valence-corrected chi connectivity index (χ0v) is 13.8. The molecule has 1 aromatic carbocycles. The lowest BCUT2D eigenvalue weighted by Crippen LogP contribution is -2.76. The standard InChI is InChI=1S/C17H17NO5.ClH/c1-18-7-6-16-11-8-2-3-9(19)13(11)23-15(16)10(20)4-5-17(16,22)14(18)12(8)21;/h2-5,10,14-15,19-20,22H,6-7H2,1H3;1H/t10-,14+,15-,16-,17+;/m0./s1. The van der Waals surface area contributed by atoms with Gasteiger partial charge in [0, 0.05) is 11.1 Å². The summed E-state index contributed by atoms with van der Waals surface area (Å²) in [6, 6.07) is 2.33. The number of ketones is 1. The van der Waals surface area contributed by atoms with Crippen molar-refractivity contribution in [3.8, 4) is 11.5 Å². The Hall–Kier alpha value is -1.60. The maximum atomic E-state index is 13.0. The number of phenolic OH excluding ortho intramolecular Hbond substituents is 1. The average molecular weight is 352 g/mol. The van der Waals surface area contributed by atoms with Gasteiger partial charge in [0.05, 0.1) is 5.41 Å². The number of Topliss-reactive ketones (excluding diaryl/α,β-unsaturated/α-hetero) is 1. The van der Waals surface area contributed by atoms with Crippen LogP contribution in [0.1, 0.15) is 22.3 Å². The number of aromatic hydroxyl groups is 1. The summed E-state index contributed by atoms with van der Waals surface area (Å²) in [5.74, 6) is -0.0101. The van der Waals surface area contributed by atoms with Gasteiger partial charge in [0.15, 0.2) is 17.3 Å². The molecule has 1 saturated heterocycles. The minimum atomic E-state index is -1.45. The highest BCUT2D eigenvalue weighted by molar-refractivity contribution is 6.06. The number of phenols is 1. The minimum Gasteiger partial charge on any atom is -0.504 e. The predicted octanol–water partition coefficient (Wildman–Crippen LogP) is 0.375. The Morgan fingerprint density at radius 3 is 2.88 bits per heavy atom. The number of likely N-dealkylation sites (tertiary alicyclic amines) is 1. The summed E-state index contributed by atoms with van der Waals surface area (Å²) in [6.45, 7) is 0.605. The molecule has 1 aromatic rings. The van der Waals surface area contributed by atoms with Gasteiger partial charge in [0.25, 0.3) is 0 Å². The zero-order chi connectivity index (χ0) is 16.1. The topological polar surface area (TPSA) is 90.2 Å². The number of likely N-dealkylation sites (N-methyl/N-ethyl adjacent to an activating group) is 1. The highest BCUT2D eigenvalue weighted by atomic mass is 35.5. The first-order valence-electron chi connectivity index (χ1n) is 7.79. The molecular formula is C17H18ClNO5. The highest BCUT2D eigenvalue weighted by Gasteiger charge is 2.73. The van der Waals surface area contributed by atoms with Crippen molar-refractivity contribution in [2.24, 2.45) is 0 Å². The van der Waals surface area contributed by atoms with Crippen LogP contribution in [0.4, 0.5) is 0 Å². The average Bonchev–Trinajstić information content (AvgIpc) is 2.86. The molecule has 128 valence electrons. The van der Waals surface area contributed by atoms with Gasteiger partial charge in [-0.25, -0.2) is 0 Å².